The largest absolute Gasteiger partial charge is 0.372 e. The van der Waals surface area contributed by atoms with Crippen LogP contribution in [-0.2, 0) is 0 Å². The van der Waals surface area contributed by atoms with Crippen molar-refractivity contribution in [2.75, 3.05) is 11.9 Å². The van der Waals surface area contributed by atoms with Crippen LogP contribution in [0.5, 0.6) is 0 Å². The Kier molecular flexibility index (Phi) is 4.52. The van der Waals surface area contributed by atoms with Gasteiger partial charge in [-0.1, -0.05) is 20.8 Å². The molecular weight excluding hydrogens is 246 g/mol. The summed E-state index contributed by atoms with van der Waals surface area (Å²) < 4.78 is 0. The zero-order chi connectivity index (χ0) is 14.8. The van der Waals surface area contributed by atoms with E-state index in [9.17, 15) is 4.79 Å². The number of carbonyl (C=O) groups is 1. The van der Waals surface area contributed by atoms with Gasteiger partial charge < -0.3 is 4.90 Å². The van der Waals surface area contributed by atoms with Crippen molar-refractivity contribution >= 4 is 11.5 Å². The topological polar surface area (TPSA) is 20.3 Å². The highest BCUT2D eigenvalue weighted by Crippen LogP contribution is 2.37. The number of rotatable bonds is 4. The standard InChI is InChI=1S/C18H27NO/c1-5-17(20)14-6-8-15(9-7-14)19(4)16-10-12-18(2,3)13-11-16/h6-9,16H,5,10-13H2,1-4H3. The Bertz CT molecular complexity index is 451. The van der Waals surface area contributed by atoms with Gasteiger partial charge in [-0.3, -0.25) is 4.79 Å². The third-order valence-electron chi connectivity index (χ3n) is 4.77. The van der Waals surface area contributed by atoms with Crippen molar-refractivity contribution in [2.45, 2.75) is 58.9 Å². The number of nitrogens with zero attached hydrogens (tertiary/aromatic N) is 1. The molecule has 1 fully saturated rings. The number of anilines is 1. The molecule has 1 aliphatic carbocycles. The van der Waals surface area contributed by atoms with Gasteiger partial charge in [0.15, 0.2) is 5.78 Å². The number of hydrogen-bond acceptors (Lipinski definition) is 2. The van der Waals surface area contributed by atoms with Crippen LogP contribution in [0.15, 0.2) is 24.3 Å². The summed E-state index contributed by atoms with van der Waals surface area (Å²) in [5, 5.41) is 0. The van der Waals surface area contributed by atoms with E-state index >= 15 is 0 Å². The van der Waals surface area contributed by atoms with Gasteiger partial charge in [-0.05, 0) is 55.4 Å². The highest BCUT2D eigenvalue weighted by molar-refractivity contribution is 5.96. The average Bonchev–Trinajstić information content (AvgIpc) is 2.46. The van der Waals surface area contributed by atoms with Crippen LogP contribution < -0.4 is 4.90 Å². The molecule has 0 aliphatic heterocycles. The van der Waals surface area contributed by atoms with Gasteiger partial charge in [0.25, 0.3) is 0 Å². The molecule has 0 unspecified atom stereocenters. The van der Waals surface area contributed by atoms with Gasteiger partial charge >= 0.3 is 0 Å². The molecule has 0 atom stereocenters. The van der Waals surface area contributed by atoms with Crippen molar-refractivity contribution in [1.29, 1.82) is 0 Å². The lowest BCUT2D eigenvalue weighted by molar-refractivity contribution is 0.0988. The summed E-state index contributed by atoms with van der Waals surface area (Å²) in [7, 11) is 2.18. The first-order chi connectivity index (χ1) is 9.43. The van der Waals surface area contributed by atoms with E-state index < -0.39 is 0 Å². The van der Waals surface area contributed by atoms with E-state index in [0.29, 0.717) is 17.9 Å². The molecule has 1 saturated carbocycles. The second-order valence-corrected chi connectivity index (χ2v) is 6.83. The molecule has 2 nitrogen and oxygen atoms in total. The lowest BCUT2D eigenvalue weighted by atomic mass is 9.75. The number of carbonyl (C=O) groups excluding carboxylic acids is 1. The number of hydrogen-bond donors (Lipinski definition) is 0. The Balaban J connectivity index is 2.02. The second-order valence-electron chi connectivity index (χ2n) is 6.83. The normalized spacial score (nSPS) is 18.8. The first-order valence-corrected chi connectivity index (χ1v) is 7.79. The van der Waals surface area contributed by atoms with E-state index in [1.54, 1.807) is 0 Å². The Hall–Kier alpha value is -1.31. The van der Waals surface area contributed by atoms with Crippen LogP contribution in [0.3, 0.4) is 0 Å². The molecule has 1 aliphatic rings. The van der Waals surface area contributed by atoms with Crippen LogP contribution in [0.1, 0.15) is 63.2 Å². The van der Waals surface area contributed by atoms with Gasteiger partial charge in [-0.25, -0.2) is 0 Å². The Morgan fingerprint density at radius 1 is 1.20 bits per heavy atom. The van der Waals surface area contributed by atoms with Crippen molar-refractivity contribution in [3.63, 3.8) is 0 Å². The molecule has 0 aromatic heterocycles. The van der Waals surface area contributed by atoms with Gasteiger partial charge in [0.1, 0.15) is 0 Å². The van der Waals surface area contributed by atoms with Crippen molar-refractivity contribution < 1.29 is 4.79 Å². The summed E-state index contributed by atoms with van der Waals surface area (Å²) in [6.45, 7) is 6.65. The summed E-state index contributed by atoms with van der Waals surface area (Å²) in [5.74, 6) is 0.221. The van der Waals surface area contributed by atoms with Crippen LogP contribution in [0.25, 0.3) is 0 Å². The SMILES string of the molecule is CCC(=O)c1ccc(N(C)C2CCC(C)(C)CC2)cc1. The Morgan fingerprint density at radius 3 is 2.25 bits per heavy atom. The van der Waals surface area contributed by atoms with Crippen molar-refractivity contribution in [2.24, 2.45) is 5.41 Å². The summed E-state index contributed by atoms with van der Waals surface area (Å²) >= 11 is 0. The van der Waals surface area contributed by atoms with E-state index in [1.807, 2.05) is 19.1 Å². The molecule has 2 rings (SSSR count). The summed E-state index contributed by atoms with van der Waals surface area (Å²) in [5.41, 5.74) is 2.56. The molecule has 1 aromatic carbocycles. The summed E-state index contributed by atoms with van der Waals surface area (Å²) in [4.78, 5) is 14.0. The van der Waals surface area contributed by atoms with Crippen molar-refractivity contribution in [1.82, 2.24) is 0 Å². The molecule has 0 spiro atoms. The smallest absolute Gasteiger partial charge is 0.162 e. The summed E-state index contributed by atoms with van der Waals surface area (Å²) in [6, 6.07) is 8.73. The van der Waals surface area contributed by atoms with Gasteiger partial charge in [0, 0.05) is 30.8 Å². The molecule has 0 bridgehead atoms. The van der Waals surface area contributed by atoms with Gasteiger partial charge in [0.2, 0.25) is 0 Å². The molecule has 20 heavy (non-hydrogen) atoms. The lowest BCUT2D eigenvalue weighted by Crippen LogP contribution is -2.37. The fraction of sp³-hybridized carbons (Fsp3) is 0.611. The third-order valence-corrected chi connectivity index (χ3v) is 4.77. The van der Waals surface area contributed by atoms with Gasteiger partial charge in [-0.2, -0.15) is 0 Å². The molecular formula is C18H27NO. The zero-order valence-corrected chi connectivity index (χ0v) is 13.3. The molecule has 0 amide bonds. The minimum atomic E-state index is 0.221. The average molecular weight is 273 g/mol. The first kappa shape index (κ1) is 15.1. The maximum atomic E-state index is 11.7. The van der Waals surface area contributed by atoms with Gasteiger partial charge in [-0.15, -0.1) is 0 Å². The van der Waals surface area contributed by atoms with Crippen molar-refractivity contribution in [3.05, 3.63) is 29.8 Å². The second kappa shape index (κ2) is 5.99. The zero-order valence-electron chi connectivity index (χ0n) is 13.3. The number of benzene rings is 1. The fourth-order valence-electron chi connectivity index (χ4n) is 3.07. The van der Waals surface area contributed by atoms with E-state index in [2.05, 4.69) is 37.9 Å². The quantitative estimate of drug-likeness (QED) is 0.742. The fourth-order valence-corrected chi connectivity index (χ4v) is 3.07. The molecule has 1 aromatic rings. The molecule has 110 valence electrons. The highest BCUT2D eigenvalue weighted by atomic mass is 16.1. The van der Waals surface area contributed by atoms with Crippen LogP contribution in [0.4, 0.5) is 5.69 Å². The maximum Gasteiger partial charge on any atom is 0.162 e. The monoisotopic (exact) mass is 273 g/mol. The third kappa shape index (κ3) is 3.41. The minimum Gasteiger partial charge on any atom is -0.372 e. The molecule has 0 radical (unpaired) electrons. The molecule has 0 N–H and O–H groups in total. The van der Waals surface area contributed by atoms with Crippen molar-refractivity contribution in [3.8, 4) is 0 Å². The molecule has 2 heteroatoms. The number of Topliss-reactive ketones (excluding diaryl/α,β-unsaturated/α-hetero) is 1. The Morgan fingerprint density at radius 2 is 1.75 bits per heavy atom. The van der Waals surface area contributed by atoms with E-state index in [1.165, 1.54) is 31.4 Å². The minimum absolute atomic E-state index is 0.221. The first-order valence-electron chi connectivity index (χ1n) is 7.79. The molecule has 0 heterocycles. The summed E-state index contributed by atoms with van der Waals surface area (Å²) in [6.07, 6.45) is 5.70. The van der Waals surface area contributed by atoms with Crippen LogP contribution >= 0.6 is 0 Å². The number of ketones is 1. The predicted molar refractivity (Wildman–Crippen MR) is 85.5 cm³/mol. The molecule has 0 saturated heterocycles. The van der Waals surface area contributed by atoms with E-state index in [4.69, 9.17) is 0 Å². The van der Waals surface area contributed by atoms with E-state index in [0.717, 1.165) is 5.56 Å². The lowest BCUT2D eigenvalue weighted by Gasteiger charge is -2.39. The maximum absolute atomic E-state index is 11.7. The highest BCUT2D eigenvalue weighted by Gasteiger charge is 2.28. The predicted octanol–water partition coefficient (Wildman–Crippen LogP) is 4.68. The Labute approximate surface area is 123 Å². The van der Waals surface area contributed by atoms with Crippen LogP contribution in [-0.4, -0.2) is 18.9 Å². The van der Waals surface area contributed by atoms with Crippen LogP contribution in [0, 0.1) is 5.41 Å². The van der Waals surface area contributed by atoms with E-state index in [-0.39, 0.29) is 5.78 Å². The van der Waals surface area contributed by atoms with Gasteiger partial charge in [0.05, 0.1) is 0 Å². The van der Waals surface area contributed by atoms with Crippen LogP contribution in [0.2, 0.25) is 0 Å².